The molecule has 0 spiro atoms. The zero-order chi connectivity index (χ0) is 28.1. The third-order valence-corrected chi connectivity index (χ3v) is 6.43. The summed E-state index contributed by atoms with van der Waals surface area (Å²) in [5.41, 5.74) is 4.75. The lowest BCUT2D eigenvalue weighted by atomic mass is 10.1. The lowest BCUT2D eigenvalue weighted by Crippen LogP contribution is -2.29. The fourth-order valence-corrected chi connectivity index (χ4v) is 4.37. The predicted octanol–water partition coefficient (Wildman–Crippen LogP) is 4.38. The van der Waals surface area contributed by atoms with Crippen LogP contribution in [0.1, 0.15) is 5.69 Å². The molecule has 0 fully saturated rings. The second kappa shape index (κ2) is 11.7. The number of para-hydroxylation sites is 1. The van der Waals surface area contributed by atoms with Gasteiger partial charge in [-0.2, -0.15) is 5.26 Å². The number of nitrogens with one attached hydrogen (secondary N) is 2. The Labute approximate surface area is 228 Å². The molecular formula is C29H32N8O2. The Morgan fingerprint density at radius 3 is 2.64 bits per heavy atom. The summed E-state index contributed by atoms with van der Waals surface area (Å²) in [7, 11) is 9.42. The van der Waals surface area contributed by atoms with Crippen molar-refractivity contribution < 1.29 is 9.53 Å². The molecule has 0 aliphatic heterocycles. The van der Waals surface area contributed by atoms with Crippen molar-refractivity contribution in [2.24, 2.45) is 7.05 Å². The van der Waals surface area contributed by atoms with Crippen LogP contribution in [0.15, 0.2) is 61.3 Å². The summed E-state index contributed by atoms with van der Waals surface area (Å²) >= 11 is 0. The highest BCUT2D eigenvalue weighted by molar-refractivity contribution is 6.02. The predicted molar refractivity (Wildman–Crippen MR) is 156 cm³/mol. The minimum atomic E-state index is -0.327. The number of methoxy groups -OCH3 is 1. The number of anilines is 4. The number of hydrogen-bond donors (Lipinski definition) is 2. The first-order chi connectivity index (χ1) is 18.8. The third-order valence-electron chi connectivity index (χ3n) is 6.43. The Hall–Kier alpha value is -4.88. The zero-order valence-corrected chi connectivity index (χ0v) is 22.8. The van der Waals surface area contributed by atoms with Crippen molar-refractivity contribution in [1.29, 1.82) is 5.26 Å². The van der Waals surface area contributed by atoms with Gasteiger partial charge in [0.15, 0.2) is 0 Å². The standard InChI is InChI=1S/C29H32N8O2/c1-7-27(38)32-21-16-22(26(39-6)17-24(21)36(4)15-14-35(2)3)34-29-31-13-12-20(33-29)28-19-10-8-9-11-23(19)37(5)25(28)18-30/h7-13,16-17H,1,14-15H2,2-6H3,(H,32,38)(H,31,33,34). The Balaban J connectivity index is 1.76. The minimum absolute atomic E-state index is 0.317. The molecule has 0 saturated heterocycles. The number of hydrogen-bond acceptors (Lipinski definition) is 8. The number of fused-ring (bicyclic) bond motifs is 1. The molecule has 0 saturated carbocycles. The molecule has 0 unspecified atom stereocenters. The monoisotopic (exact) mass is 524 g/mol. The maximum Gasteiger partial charge on any atom is 0.247 e. The summed E-state index contributed by atoms with van der Waals surface area (Å²) < 4.78 is 7.56. The summed E-state index contributed by atoms with van der Waals surface area (Å²) in [5, 5.41) is 17.0. The van der Waals surface area contributed by atoms with E-state index in [1.807, 2.05) is 68.0 Å². The first kappa shape index (κ1) is 27.2. The van der Waals surface area contributed by atoms with E-state index < -0.39 is 0 Å². The Morgan fingerprint density at radius 1 is 1.18 bits per heavy atom. The zero-order valence-electron chi connectivity index (χ0n) is 22.8. The lowest BCUT2D eigenvalue weighted by Gasteiger charge is -2.26. The van der Waals surface area contributed by atoms with Gasteiger partial charge in [-0.05, 0) is 38.4 Å². The average molecular weight is 525 g/mol. The van der Waals surface area contributed by atoms with Gasteiger partial charge in [0.2, 0.25) is 11.9 Å². The van der Waals surface area contributed by atoms with Crippen LogP contribution in [-0.2, 0) is 11.8 Å². The molecule has 0 bridgehead atoms. The van der Waals surface area contributed by atoms with E-state index in [1.54, 1.807) is 25.4 Å². The van der Waals surface area contributed by atoms with Crippen LogP contribution in [-0.4, -0.2) is 66.7 Å². The summed E-state index contributed by atoms with van der Waals surface area (Å²) in [5.74, 6) is 0.541. The van der Waals surface area contributed by atoms with E-state index in [4.69, 9.17) is 9.72 Å². The van der Waals surface area contributed by atoms with Gasteiger partial charge in [-0.3, -0.25) is 4.79 Å². The number of amides is 1. The van der Waals surface area contributed by atoms with E-state index in [2.05, 4.69) is 33.2 Å². The first-order valence-corrected chi connectivity index (χ1v) is 12.4. The van der Waals surface area contributed by atoms with E-state index in [0.717, 1.165) is 35.2 Å². The molecule has 0 atom stereocenters. The molecule has 39 heavy (non-hydrogen) atoms. The number of carbonyl (C=O) groups excluding carboxylic acids is 1. The van der Waals surface area contributed by atoms with Crippen LogP contribution in [0.4, 0.5) is 23.0 Å². The lowest BCUT2D eigenvalue weighted by molar-refractivity contribution is -0.111. The smallest absolute Gasteiger partial charge is 0.247 e. The molecule has 200 valence electrons. The molecule has 2 heterocycles. The van der Waals surface area contributed by atoms with E-state index in [9.17, 15) is 10.1 Å². The van der Waals surface area contributed by atoms with Gasteiger partial charge >= 0.3 is 0 Å². The molecule has 1 amide bonds. The van der Waals surface area contributed by atoms with E-state index in [-0.39, 0.29) is 5.91 Å². The van der Waals surface area contributed by atoms with Crippen LogP contribution in [0.25, 0.3) is 22.2 Å². The molecule has 2 aromatic carbocycles. The second-order valence-electron chi connectivity index (χ2n) is 9.29. The van der Waals surface area contributed by atoms with Crippen molar-refractivity contribution in [2.75, 3.05) is 56.9 Å². The van der Waals surface area contributed by atoms with Gasteiger partial charge in [0.05, 0.1) is 29.9 Å². The molecule has 0 aliphatic rings. The molecule has 2 aromatic heterocycles. The fraction of sp³-hybridized carbons (Fsp3) is 0.241. The first-order valence-electron chi connectivity index (χ1n) is 12.4. The van der Waals surface area contributed by atoms with Gasteiger partial charge in [0.1, 0.15) is 17.5 Å². The molecule has 2 N–H and O–H groups in total. The third kappa shape index (κ3) is 5.68. The van der Waals surface area contributed by atoms with Crippen molar-refractivity contribution in [1.82, 2.24) is 19.4 Å². The van der Waals surface area contributed by atoms with E-state index in [1.165, 1.54) is 6.08 Å². The molecule has 10 nitrogen and oxygen atoms in total. The highest BCUT2D eigenvalue weighted by Crippen LogP contribution is 2.38. The number of aromatic nitrogens is 3. The number of likely N-dealkylation sites (N-methyl/N-ethyl adjacent to an activating group) is 2. The molecule has 10 heteroatoms. The Kier molecular flexibility index (Phi) is 8.13. The number of rotatable bonds is 10. The molecular weight excluding hydrogens is 492 g/mol. The van der Waals surface area contributed by atoms with Crippen LogP contribution in [0.5, 0.6) is 5.75 Å². The highest BCUT2D eigenvalue weighted by atomic mass is 16.5. The maximum atomic E-state index is 12.3. The van der Waals surface area contributed by atoms with Crippen LogP contribution in [0.3, 0.4) is 0 Å². The topological polar surface area (TPSA) is 111 Å². The molecule has 0 aliphatic carbocycles. The average Bonchev–Trinajstić information content (AvgIpc) is 3.23. The SMILES string of the molecule is C=CC(=O)Nc1cc(Nc2nccc(-c3c(C#N)n(C)c4ccccc34)n2)c(OC)cc1N(C)CCN(C)C. The van der Waals surface area contributed by atoms with Crippen molar-refractivity contribution in [3.8, 4) is 23.1 Å². The van der Waals surface area contributed by atoms with Crippen LogP contribution in [0.2, 0.25) is 0 Å². The van der Waals surface area contributed by atoms with Crippen molar-refractivity contribution in [3.05, 3.63) is 67.0 Å². The van der Waals surface area contributed by atoms with Crippen molar-refractivity contribution in [2.45, 2.75) is 0 Å². The molecule has 0 radical (unpaired) electrons. The Bertz CT molecular complexity index is 1570. The summed E-state index contributed by atoms with van der Waals surface area (Å²) in [6.45, 7) is 5.13. The van der Waals surface area contributed by atoms with Crippen molar-refractivity contribution >= 4 is 39.8 Å². The number of carbonyl (C=O) groups is 1. The number of nitrogens with zero attached hydrogens (tertiary/aromatic N) is 6. The second-order valence-corrected chi connectivity index (χ2v) is 9.29. The van der Waals surface area contributed by atoms with Crippen molar-refractivity contribution in [3.63, 3.8) is 0 Å². The van der Waals surface area contributed by atoms with E-state index >= 15 is 0 Å². The van der Waals surface area contributed by atoms with Gasteiger partial charge in [-0.25, -0.2) is 9.97 Å². The maximum absolute atomic E-state index is 12.3. The van der Waals surface area contributed by atoms with Gasteiger partial charge in [0, 0.05) is 55.9 Å². The van der Waals surface area contributed by atoms with Gasteiger partial charge < -0.3 is 29.7 Å². The van der Waals surface area contributed by atoms with Crippen LogP contribution >= 0.6 is 0 Å². The largest absolute Gasteiger partial charge is 0.494 e. The Morgan fingerprint density at radius 2 is 1.95 bits per heavy atom. The van der Waals surface area contributed by atoms with Gasteiger partial charge in [-0.15, -0.1) is 0 Å². The molecule has 4 rings (SSSR count). The summed E-state index contributed by atoms with van der Waals surface area (Å²) in [4.78, 5) is 25.5. The fourth-order valence-electron chi connectivity index (χ4n) is 4.37. The number of aryl methyl sites for hydroxylation is 1. The summed E-state index contributed by atoms with van der Waals surface area (Å²) in [6.07, 6.45) is 2.87. The van der Waals surface area contributed by atoms with Crippen LogP contribution < -0.4 is 20.3 Å². The minimum Gasteiger partial charge on any atom is -0.494 e. The quantitative estimate of drug-likeness (QED) is 0.294. The van der Waals surface area contributed by atoms with E-state index in [0.29, 0.717) is 34.5 Å². The van der Waals surface area contributed by atoms with Crippen LogP contribution in [0, 0.1) is 11.3 Å². The van der Waals surface area contributed by atoms with Gasteiger partial charge in [-0.1, -0.05) is 24.8 Å². The molecule has 4 aromatic rings. The number of ether oxygens (including phenoxy) is 1. The van der Waals surface area contributed by atoms with Gasteiger partial charge in [0.25, 0.3) is 0 Å². The number of nitriles is 1. The normalized spacial score (nSPS) is 10.8. The number of benzene rings is 2. The summed E-state index contributed by atoms with van der Waals surface area (Å²) in [6, 6.07) is 15.6. The highest BCUT2D eigenvalue weighted by Gasteiger charge is 2.19.